The second kappa shape index (κ2) is 3.01. The van der Waals surface area contributed by atoms with Crippen molar-refractivity contribution in [2.24, 2.45) is 0 Å². The minimum Gasteiger partial charge on any atom is -0.229 e. The van der Waals surface area contributed by atoms with Crippen LogP contribution in [-0.4, -0.2) is 14.6 Å². The van der Waals surface area contributed by atoms with E-state index in [1.165, 1.54) is 5.57 Å². The van der Waals surface area contributed by atoms with Gasteiger partial charge < -0.3 is 0 Å². The van der Waals surface area contributed by atoms with Crippen LogP contribution >= 0.6 is 0 Å². The first kappa shape index (κ1) is 7.98. The van der Waals surface area contributed by atoms with Crippen molar-refractivity contribution in [2.45, 2.75) is 13.8 Å². The van der Waals surface area contributed by atoms with Crippen LogP contribution in [0.1, 0.15) is 19.5 Å². The maximum atomic E-state index is 4.44. The molecule has 0 radical (unpaired) electrons. The monoisotopic (exact) mass is 173 g/mol. The molecule has 0 aromatic carbocycles. The summed E-state index contributed by atoms with van der Waals surface area (Å²) in [4.78, 5) is 4.44. The Kier molecular flexibility index (Phi) is 1.85. The molecule has 2 rings (SSSR count). The normalized spacial score (nSPS) is 12.3. The Morgan fingerprint density at radius 2 is 2.31 bits per heavy atom. The van der Waals surface area contributed by atoms with Gasteiger partial charge in [-0.2, -0.15) is 5.10 Å². The van der Waals surface area contributed by atoms with Crippen molar-refractivity contribution < 1.29 is 0 Å². The number of fused-ring (bicyclic) bond motifs is 1. The number of rotatable bonds is 1. The highest BCUT2D eigenvalue weighted by Crippen LogP contribution is 2.10. The van der Waals surface area contributed by atoms with Crippen LogP contribution in [0.2, 0.25) is 0 Å². The highest BCUT2D eigenvalue weighted by atomic mass is 15.2. The molecule has 0 unspecified atom stereocenters. The molecule has 2 aromatic rings. The van der Waals surface area contributed by atoms with E-state index < -0.39 is 0 Å². The number of hydrogen-bond acceptors (Lipinski definition) is 2. The van der Waals surface area contributed by atoms with Gasteiger partial charge in [0.05, 0.1) is 11.9 Å². The molecular weight excluding hydrogens is 162 g/mol. The molecule has 0 atom stereocenters. The molecule has 2 heterocycles. The van der Waals surface area contributed by atoms with Crippen LogP contribution < -0.4 is 0 Å². The first-order chi connectivity index (χ1) is 6.31. The van der Waals surface area contributed by atoms with Crippen LogP contribution in [0, 0.1) is 0 Å². The largest absolute Gasteiger partial charge is 0.229 e. The summed E-state index contributed by atoms with van der Waals surface area (Å²) in [5.74, 6) is 0. The lowest BCUT2D eigenvalue weighted by Gasteiger charge is -1.99. The lowest BCUT2D eigenvalue weighted by molar-refractivity contribution is 0.935. The molecule has 0 spiro atoms. The lowest BCUT2D eigenvalue weighted by Crippen LogP contribution is -1.92. The summed E-state index contributed by atoms with van der Waals surface area (Å²) < 4.78 is 1.76. The molecule has 3 heteroatoms. The molecule has 0 aliphatic rings. The second-order valence-electron chi connectivity index (χ2n) is 2.92. The van der Waals surface area contributed by atoms with E-state index in [1.807, 2.05) is 25.3 Å². The fourth-order valence-electron chi connectivity index (χ4n) is 1.18. The van der Waals surface area contributed by atoms with Crippen LogP contribution in [0.4, 0.5) is 0 Å². The Hall–Kier alpha value is -1.64. The van der Waals surface area contributed by atoms with E-state index in [-0.39, 0.29) is 0 Å². The number of allylic oxidation sites excluding steroid dienone is 2. The first-order valence-corrected chi connectivity index (χ1v) is 4.25. The van der Waals surface area contributed by atoms with E-state index in [0.717, 1.165) is 11.3 Å². The minimum absolute atomic E-state index is 0.888. The number of nitrogens with zero attached hydrogens (tertiary/aromatic N) is 3. The van der Waals surface area contributed by atoms with Crippen molar-refractivity contribution in [3.8, 4) is 0 Å². The molecule has 2 aromatic heterocycles. The molecule has 0 N–H and O–H groups in total. The average Bonchev–Trinajstić information content (AvgIpc) is 2.63. The topological polar surface area (TPSA) is 30.2 Å². The molecule has 0 saturated carbocycles. The zero-order valence-corrected chi connectivity index (χ0v) is 7.73. The third kappa shape index (κ3) is 1.33. The van der Waals surface area contributed by atoms with Crippen LogP contribution in [0.15, 0.2) is 30.6 Å². The van der Waals surface area contributed by atoms with Crippen molar-refractivity contribution in [1.82, 2.24) is 14.6 Å². The zero-order chi connectivity index (χ0) is 9.26. The lowest BCUT2D eigenvalue weighted by atomic mass is 10.2. The summed E-state index contributed by atoms with van der Waals surface area (Å²) in [6, 6.07) is 3.86. The van der Waals surface area contributed by atoms with E-state index in [9.17, 15) is 0 Å². The minimum atomic E-state index is 0.888. The molecular formula is C10H11N3. The zero-order valence-electron chi connectivity index (χ0n) is 7.73. The second-order valence-corrected chi connectivity index (χ2v) is 2.92. The smallest absolute Gasteiger partial charge is 0.155 e. The Bertz CT molecular complexity index is 454. The first-order valence-electron chi connectivity index (χ1n) is 4.25. The van der Waals surface area contributed by atoms with Gasteiger partial charge in [0.25, 0.3) is 0 Å². The highest BCUT2D eigenvalue weighted by molar-refractivity contribution is 5.61. The van der Waals surface area contributed by atoms with E-state index in [2.05, 4.69) is 23.1 Å². The van der Waals surface area contributed by atoms with E-state index >= 15 is 0 Å². The highest BCUT2D eigenvalue weighted by Gasteiger charge is 1.98. The van der Waals surface area contributed by atoms with Gasteiger partial charge in [0.15, 0.2) is 5.65 Å². The van der Waals surface area contributed by atoms with Gasteiger partial charge >= 0.3 is 0 Å². The predicted molar refractivity (Wildman–Crippen MR) is 52.3 cm³/mol. The molecule has 66 valence electrons. The summed E-state index contributed by atoms with van der Waals surface area (Å²) in [6.07, 6.45) is 5.72. The van der Waals surface area contributed by atoms with Gasteiger partial charge in [-0.15, -0.1) is 0 Å². The molecule has 0 aliphatic heterocycles. The summed E-state index contributed by atoms with van der Waals surface area (Å²) in [5, 5.41) is 4.08. The Balaban J connectivity index is 2.60. The maximum absolute atomic E-state index is 4.44. The third-order valence-corrected chi connectivity index (χ3v) is 2.10. The Morgan fingerprint density at radius 1 is 1.46 bits per heavy atom. The summed E-state index contributed by atoms with van der Waals surface area (Å²) in [7, 11) is 0. The van der Waals surface area contributed by atoms with Gasteiger partial charge in [-0.25, -0.2) is 9.50 Å². The van der Waals surface area contributed by atoms with Crippen LogP contribution in [-0.2, 0) is 0 Å². The van der Waals surface area contributed by atoms with Crippen LogP contribution in [0.25, 0.3) is 11.2 Å². The Morgan fingerprint density at radius 3 is 3.08 bits per heavy atom. The van der Waals surface area contributed by atoms with Crippen molar-refractivity contribution in [2.75, 3.05) is 0 Å². The van der Waals surface area contributed by atoms with Gasteiger partial charge in [0.2, 0.25) is 0 Å². The van der Waals surface area contributed by atoms with Gasteiger partial charge in [0, 0.05) is 12.3 Å². The molecule has 0 saturated heterocycles. The summed E-state index contributed by atoms with van der Waals surface area (Å²) in [5.41, 5.74) is 3.08. The third-order valence-electron chi connectivity index (χ3n) is 2.10. The summed E-state index contributed by atoms with van der Waals surface area (Å²) in [6.45, 7) is 4.06. The average molecular weight is 173 g/mol. The van der Waals surface area contributed by atoms with Crippen molar-refractivity contribution in [1.29, 1.82) is 0 Å². The van der Waals surface area contributed by atoms with E-state index in [1.54, 1.807) is 10.7 Å². The molecule has 0 aliphatic carbocycles. The number of hydrogen-bond donors (Lipinski definition) is 0. The standard InChI is InChI=1S/C10H11N3/c1-3-8(2)9-5-7-13-10(12-9)4-6-11-13/h3-7H,1-2H3. The van der Waals surface area contributed by atoms with Gasteiger partial charge in [0.1, 0.15) is 0 Å². The molecule has 13 heavy (non-hydrogen) atoms. The van der Waals surface area contributed by atoms with Crippen molar-refractivity contribution in [3.63, 3.8) is 0 Å². The predicted octanol–water partition coefficient (Wildman–Crippen LogP) is 2.15. The fourth-order valence-corrected chi connectivity index (χ4v) is 1.18. The van der Waals surface area contributed by atoms with Crippen molar-refractivity contribution >= 4 is 11.2 Å². The Labute approximate surface area is 76.7 Å². The van der Waals surface area contributed by atoms with Crippen LogP contribution in [0.5, 0.6) is 0 Å². The van der Waals surface area contributed by atoms with Crippen LogP contribution in [0.3, 0.4) is 0 Å². The summed E-state index contributed by atoms with van der Waals surface area (Å²) >= 11 is 0. The van der Waals surface area contributed by atoms with Gasteiger partial charge in [-0.1, -0.05) is 6.08 Å². The van der Waals surface area contributed by atoms with Crippen molar-refractivity contribution in [3.05, 3.63) is 36.3 Å². The van der Waals surface area contributed by atoms with E-state index in [4.69, 9.17) is 0 Å². The van der Waals surface area contributed by atoms with E-state index in [0.29, 0.717) is 0 Å². The quantitative estimate of drug-likeness (QED) is 0.661. The van der Waals surface area contributed by atoms with Gasteiger partial charge in [-0.05, 0) is 25.5 Å². The number of aromatic nitrogens is 3. The van der Waals surface area contributed by atoms with Gasteiger partial charge in [-0.3, -0.25) is 0 Å². The molecule has 3 nitrogen and oxygen atoms in total. The molecule has 0 bridgehead atoms. The fraction of sp³-hybridized carbons (Fsp3) is 0.200. The maximum Gasteiger partial charge on any atom is 0.155 e. The molecule has 0 fully saturated rings. The SMILES string of the molecule is CC=C(C)c1ccn2nccc2n1. The molecule has 0 amide bonds.